The molecule has 1 aromatic heterocycles. The third-order valence-electron chi connectivity index (χ3n) is 3.22. The molecular formula is C13H22N4. The first-order chi connectivity index (χ1) is 8.22. The fourth-order valence-electron chi connectivity index (χ4n) is 1.83. The molecule has 3 N–H and O–H groups in total. The molecule has 1 aliphatic rings. The van der Waals surface area contributed by atoms with Gasteiger partial charge in [-0.3, -0.25) is 0 Å². The minimum absolute atomic E-state index is 0.550. The van der Waals surface area contributed by atoms with Gasteiger partial charge in [-0.15, -0.1) is 0 Å². The maximum absolute atomic E-state index is 5.93. The Bertz CT molecular complexity index is 385. The highest BCUT2D eigenvalue weighted by Crippen LogP contribution is 2.39. The monoisotopic (exact) mass is 234 g/mol. The van der Waals surface area contributed by atoms with E-state index in [1.807, 2.05) is 6.92 Å². The zero-order valence-electron chi connectivity index (χ0n) is 10.8. The number of nitrogens with two attached hydrogens (primary N) is 1. The van der Waals surface area contributed by atoms with Crippen molar-refractivity contribution in [2.45, 2.75) is 51.9 Å². The Balaban J connectivity index is 2.03. The SMILES string of the molecule is CCCCCNc1nc(C2CC2)nc(N)c1C. The van der Waals surface area contributed by atoms with E-state index in [2.05, 4.69) is 22.2 Å². The van der Waals surface area contributed by atoms with Crippen molar-refractivity contribution >= 4 is 11.6 Å². The lowest BCUT2D eigenvalue weighted by Gasteiger charge is -2.11. The quantitative estimate of drug-likeness (QED) is 0.743. The highest BCUT2D eigenvalue weighted by atomic mass is 15.1. The van der Waals surface area contributed by atoms with Crippen molar-refractivity contribution in [1.82, 2.24) is 9.97 Å². The van der Waals surface area contributed by atoms with E-state index in [-0.39, 0.29) is 0 Å². The number of nitrogens with zero attached hydrogens (tertiary/aromatic N) is 2. The zero-order chi connectivity index (χ0) is 12.3. The maximum atomic E-state index is 5.93. The van der Waals surface area contributed by atoms with Crippen molar-refractivity contribution in [3.8, 4) is 0 Å². The Morgan fingerprint density at radius 3 is 2.71 bits per heavy atom. The van der Waals surface area contributed by atoms with Crippen LogP contribution in [0.3, 0.4) is 0 Å². The first-order valence-electron chi connectivity index (χ1n) is 6.60. The minimum Gasteiger partial charge on any atom is -0.383 e. The van der Waals surface area contributed by atoms with Gasteiger partial charge in [-0.1, -0.05) is 19.8 Å². The van der Waals surface area contributed by atoms with E-state index in [9.17, 15) is 0 Å². The van der Waals surface area contributed by atoms with Crippen LogP contribution in [0.4, 0.5) is 11.6 Å². The summed E-state index contributed by atoms with van der Waals surface area (Å²) in [5.41, 5.74) is 6.90. The number of unbranched alkanes of at least 4 members (excludes halogenated alkanes) is 2. The van der Waals surface area contributed by atoms with Crippen molar-refractivity contribution in [3.63, 3.8) is 0 Å². The average Bonchev–Trinajstić information content (AvgIpc) is 3.13. The molecule has 4 heteroatoms. The van der Waals surface area contributed by atoms with Crippen LogP contribution in [-0.2, 0) is 0 Å². The van der Waals surface area contributed by atoms with Gasteiger partial charge >= 0.3 is 0 Å². The number of aromatic nitrogens is 2. The summed E-state index contributed by atoms with van der Waals surface area (Å²) >= 11 is 0. The first-order valence-corrected chi connectivity index (χ1v) is 6.60. The van der Waals surface area contributed by atoms with Gasteiger partial charge in [-0.2, -0.15) is 0 Å². The summed E-state index contributed by atoms with van der Waals surface area (Å²) in [6.07, 6.45) is 6.08. The molecule has 94 valence electrons. The zero-order valence-corrected chi connectivity index (χ0v) is 10.8. The molecule has 1 heterocycles. The maximum Gasteiger partial charge on any atom is 0.136 e. The van der Waals surface area contributed by atoms with Gasteiger partial charge in [0.15, 0.2) is 0 Å². The van der Waals surface area contributed by atoms with Crippen LogP contribution in [0.5, 0.6) is 0 Å². The van der Waals surface area contributed by atoms with Crippen molar-refractivity contribution in [2.24, 2.45) is 0 Å². The lowest BCUT2D eigenvalue weighted by Crippen LogP contribution is -2.10. The van der Waals surface area contributed by atoms with Gasteiger partial charge in [0.1, 0.15) is 17.5 Å². The Labute approximate surface area is 103 Å². The number of hydrogen-bond acceptors (Lipinski definition) is 4. The molecular weight excluding hydrogens is 212 g/mol. The fourth-order valence-corrected chi connectivity index (χ4v) is 1.83. The summed E-state index contributed by atoms with van der Waals surface area (Å²) in [7, 11) is 0. The molecule has 0 atom stereocenters. The fraction of sp³-hybridized carbons (Fsp3) is 0.692. The van der Waals surface area contributed by atoms with Gasteiger partial charge in [-0.05, 0) is 26.2 Å². The van der Waals surface area contributed by atoms with E-state index in [4.69, 9.17) is 5.73 Å². The molecule has 0 saturated heterocycles. The van der Waals surface area contributed by atoms with Crippen molar-refractivity contribution in [3.05, 3.63) is 11.4 Å². The van der Waals surface area contributed by atoms with Crippen LogP contribution >= 0.6 is 0 Å². The molecule has 0 unspecified atom stereocenters. The van der Waals surface area contributed by atoms with Crippen LogP contribution in [0.25, 0.3) is 0 Å². The normalized spacial score (nSPS) is 14.9. The van der Waals surface area contributed by atoms with Gasteiger partial charge in [-0.25, -0.2) is 9.97 Å². The van der Waals surface area contributed by atoms with Crippen LogP contribution in [0.15, 0.2) is 0 Å². The van der Waals surface area contributed by atoms with E-state index in [1.54, 1.807) is 0 Å². The first kappa shape index (κ1) is 12.1. The molecule has 0 aromatic carbocycles. The predicted octanol–water partition coefficient (Wildman–Crippen LogP) is 2.85. The molecule has 4 nitrogen and oxygen atoms in total. The van der Waals surface area contributed by atoms with Crippen LogP contribution < -0.4 is 11.1 Å². The van der Waals surface area contributed by atoms with Crippen molar-refractivity contribution < 1.29 is 0 Å². The van der Waals surface area contributed by atoms with Gasteiger partial charge in [0, 0.05) is 18.0 Å². The summed E-state index contributed by atoms with van der Waals surface area (Å²) in [4.78, 5) is 8.96. The number of nitrogens with one attached hydrogen (secondary N) is 1. The molecule has 1 aliphatic carbocycles. The minimum atomic E-state index is 0.550. The molecule has 0 bridgehead atoms. The van der Waals surface area contributed by atoms with E-state index >= 15 is 0 Å². The van der Waals surface area contributed by atoms with Crippen molar-refractivity contribution in [1.29, 1.82) is 0 Å². The number of anilines is 2. The molecule has 0 aliphatic heterocycles. The van der Waals surface area contributed by atoms with Crippen LogP contribution in [-0.4, -0.2) is 16.5 Å². The van der Waals surface area contributed by atoms with Crippen LogP contribution in [0.1, 0.15) is 56.3 Å². The third kappa shape index (κ3) is 3.08. The molecule has 1 aromatic rings. The third-order valence-corrected chi connectivity index (χ3v) is 3.22. The molecule has 0 radical (unpaired) electrons. The van der Waals surface area contributed by atoms with E-state index < -0.39 is 0 Å². The average molecular weight is 234 g/mol. The largest absolute Gasteiger partial charge is 0.383 e. The van der Waals surface area contributed by atoms with Crippen LogP contribution in [0, 0.1) is 6.92 Å². The molecule has 1 fully saturated rings. The summed E-state index contributed by atoms with van der Waals surface area (Å²) in [5.74, 6) is 3.02. The summed E-state index contributed by atoms with van der Waals surface area (Å²) in [6.45, 7) is 5.16. The molecule has 0 spiro atoms. The second kappa shape index (κ2) is 5.34. The number of rotatable bonds is 6. The van der Waals surface area contributed by atoms with Gasteiger partial charge in [0.25, 0.3) is 0 Å². The topological polar surface area (TPSA) is 63.8 Å². The Hall–Kier alpha value is -1.32. The molecule has 1 saturated carbocycles. The lowest BCUT2D eigenvalue weighted by atomic mass is 10.2. The second-order valence-electron chi connectivity index (χ2n) is 4.85. The Morgan fingerprint density at radius 2 is 2.06 bits per heavy atom. The molecule has 17 heavy (non-hydrogen) atoms. The van der Waals surface area contributed by atoms with Crippen LogP contribution in [0.2, 0.25) is 0 Å². The number of hydrogen-bond donors (Lipinski definition) is 2. The highest BCUT2D eigenvalue weighted by Gasteiger charge is 2.27. The molecule has 0 amide bonds. The predicted molar refractivity (Wildman–Crippen MR) is 71.2 cm³/mol. The Morgan fingerprint density at radius 1 is 1.29 bits per heavy atom. The summed E-state index contributed by atoms with van der Waals surface area (Å²) in [6, 6.07) is 0. The highest BCUT2D eigenvalue weighted by molar-refractivity contribution is 5.55. The Kier molecular flexibility index (Phi) is 3.82. The van der Waals surface area contributed by atoms with Gasteiger partial charge in [0.2, 0.25) is 0 Å². The number of nitrogen functional groups attached to an aromatic ring is 1. The smallest absolute Gasteiger partial charge is 0.136 e. The van der Waals surface area contributed by atoms with E-state index in [0.717, 1.165) is 23.8 Å². The standard InChI is InChI=1S/C13H22N4/c1-3-4-5-8-15-12-9(2)11(14)16-13(17-12)10-6-7-10/h10H,3-8H2,1-2H3,(H3,14,15,16,17). The lowest BCUT2D eigenvalue weighted by molar-refractivity contribution is 0.741. The molecule has 2 rings (SSSR count). The van der Waals surface area contributed by atoms with Gasteiger partial charge in [0.05, 0.1) is 0 Å². The van der Waals surface area contributed by atoms with Gasteiger partial charge < -0.3 is 11.1 Å². The summed E-state index contributed by atoms with van der Waals surface area (Å²) in [5, 5.41) is 3.38. The van der Waals surface area contributed by atoms with Crippen molar-refractivity contribution in [2.75, 3.05) is 17.6 Å². The van der Waals surface area contributed by atoms with E-state index in [0.29, 0.717) is 11.7 Å². The summed E-state index contributed by atoms with van der Waals surface area (Å²) < 4.78 is 0. The van der Waals surface area contributed by atoms with E-state index in [1.165, 1.54) is 32.1 Å². The second-order valence-corrected chi connectivity index (χ2v) is 4.85.